The van der Waals surface area contributed by atoms with Gasteiger partial charge in [0, 0.05) is 25.0 Å². The van der Waals surface area contributed by atoms with E-state index in [4.69, 9.17) is 5.73 Å². The molecule has 0 aliphatic carbocycles. The number of amides is 1. The summed E-state index contributed by atoms with van der Waals surface area (Å²) >= 11 is 0. The average molecular weight is 240 g/mol. The van der Waals surface area contributed by atoms with E-state index in [-0.39, 0.29) is 6.04 Å². The summed E-state index contributed by atoms with van der Waals surface area (Å²) in [5.41, 5.74) is 5.72. The zero-order valence-electron chi connectivity index (χ0n) is 11.6. The third-order valence-electron chi connectivity index (χ3n) is 3.83. The Morgan fingerprint density at radius 2 is 2.24 bits per heavy atom. The van der Waals surface area contributed by atoms with Gasteiger partial charge in [-0.1, -0.05) is 20.3 Å². The Labute approximate surface area is 106 Å². The monoisotopic (exact) mass is 240 g/mol. The van der Waals surface area contributed by atoms with Crippen LogP contribution in [0.15, 0.2) is 0 Å². The second-order valence-electron chi connectivity index (χ2n) is 5.58. The molecule has 0 radical (unpaired) electrons. The van der Waals surface area contributed by atoms with Crippen molar-refractivity contribution in [2.45, 2.75) is 71.4 Å². The van der Waals surface area contributed by atoms with E-state index in [9.17, 15) is 4.79 Å². The molecule has 3 nitrogen and oxygen atoms in total. The lowest BCUT2D eigenvalue weighted by Crippen LogP contribution is -2.47. The van der Waals surface area contributed by atoms with Gasteiger partial charge in [0.25, 0.3) is 0 Å². The van der Waals surface area contributed by atoms with Crippen LogP contribution in [-0.2, 0) is 4.79 Å². The lowest BCUT2D eigenvalue weighted by Gasteiger charge is -2.40. The predicted octanol–water partition coefficient (Wildman–Crippen LogP) is 2.54. The molecule has 0 spiro atoms. The van der Waals surface area contributed by atoms with E-state index in [2.05, 4.69) is 18.7 Å². The van der Waals surface area contributed by atoms with Crippen LogP contribution >= 0.6 is 0 Å². The number of nitrogens with two attached hydrogens (primary N) is 1. The number of carbonyl (C=O) groups excluding carboxylic acids is 1. The van der Waals surface area contributed by atoms with Crippen LogP contribution in [0.3, 0.4) is 0 Å². The van der Waals surface area contributed by atoms with E-state index in [0.717, 1.165) is 32.2 Å². The fourth-order valence-corrected chi connectivity index (χ4v) is 2.79. The highest BCUT2D eigenvalue weighted by molar-refractivity contribution is 5.76. The van der Waals surface area contributed by atoms with Crippen molar-refractivity contribution in [2.75, 3.05) is 6.54 Å². The van der Waals surface area contributed by atoms with Crippen LogP contribution in [0.25, 0.3) is 0 Å². The molecular formula is C14H28N2O. The van der Waals surface area contributed by atoms with Gasteiger partial charge in [0.05, 0.1) is 0 Å². The fourth-order valence-electron chi connectivity index (χ4n) is 2.79. The molecule has 17 heavy (non-hydrogen) atoms. The summed E-state index contributed by atoms with van der Waals surface area (Å²) in [6.07, 6.45) is 6.15. The summed E-state index contributed by atoms with van der Waals surface area (Å²) in [4.78, 5) is 14.3. The standard InChI is InChI=1S/C14H28N2O/c1-4-6-13-11(2)7-5-10-16(13)14(17)9-8-12(3)15/h11-13H,4-10,15H2,1-3H3. The summed E-state index contributed by atoms with van der Waals surface area (Å²) in [5, 5.41) is 0. The second-order valence-corrected chi connectivity index (χ2v) is 5.58. The van der Waals surface area contributed by atoms with Crippen molar-refractivity contribution in [3.63, 3.8) is 0 Å². The van der Waals surface area contributed by atoms with Gasteiger partial charge in [-0.05, 0) is 38.5 Å². The molecule has 1 rings (SSSR count). The van der Waals surface area contributed by atoms with E-state index in [1.54, 1.807) is 0 Å². The summed E-state index contributed by atoms with van der Waals surface area (Å²) in [5.74, 6) is 0.968. The smallest absolute Gasteiger partial charge is 0.222 e. The Hall–Kier alpha value is -0.570. The molecule has 1 heterocycles. The zero-order chi connectivity index (χ0) is 12.8. The van der Waals surface area contributed by atoms with Crippen LogP contribution < -0.4 is 5.73 Å². The molecule has 1 aliphatic heterocycles. The average Bonchev–Trinajstić information content (AvgIpc) is 2.29. The normalized spacial score (nSPS) is 26.9. The number of likely N-dealkylation sites (tertiary alicyclic amines) is 1. The van der Waals surface area contributed by atoms with Gasteiger partial charge in [-0.3, -0.25) is 4.79 Å². The first-order chi connectivity index (χ1) is 8.06. The van der Waals surface area contributed by atoms with Crippen molar-refractivity contribution < 1.29 is 4.79 Å². The molecule has 3 unspecified atom stereocenters. The zero-order valence-corrected chi connectivity index (χ0v) is 11.6. The molecule has 0 bridgehead atoms. The quantitative estimate of drug-likeness (QED) is 0.802. The topological polar surface area (TPSA) is 46.3 Å². The third kappa shape index (κ3) is 4.30. The highest BCUT2D eigenvalue weighted by Gasteiger charge is 2.30. The first-order valence-electron chi connectivity index (χ1n) is 7.11. The molecule has 3 heteroatoms. The molecule has 0 saturated carbocycles. The van der Waals surface area contributed by atoms with Crippen LogP contribution in [0.4, 0.5) is 0 Å². The molecule has 1 saturated heterocycles. The van der Waals surface area contributed by atoms with Crippen molar-refractivity contribution in [3.05, 3.63) is 0 Å². The molecule has 0 aromatic heterocycles. The van der Waals surface area contributed by atoms with Gasteiger partial charge >= 0.3 is 0 Å². The lowest BCUT2D eigenvalue weighted by atomic mass is 9.87. The molecule has 1 fully saturated rings. The number of carbonyl (C=O) groups is 1. The van der Waals surface area contributed by atoms with Crippen LogP contribution in [0.1, 0.15) is 59.3 Å². The maximum atomic E-state index is 12.2. The SMILES string of the molecule is CCCC1C(C)CCCN1C(=O)CCC(C)N. The van der Waals surface area contributed by atoms with Gasteiger partial charge in [-0.2, -0.15) is 0 Å². The summed E-state index contributed by atoms with van der Waals surface area (Å²) < 4.78 is 0. The van der Waals surface area contributed by atoms with E-state index >= 15 is 0 Å². The van der Waals surface area contributed by atoms with Crippen LogP contribution in [0.2, 0.25) is 0 Å². The molecular weight excluding hydrogens is 212 g/mol. The summed E-state index contributed by atoms with van der Waals surface area (Å²) in [7, 11) is 0. The fraction of sp³-hybridized carbons (Fsp3) is 0.929. The molecule has 2 N–H and O–H groups in total. The maximum absolute atomic E-state index is 12.2. The van der Waals surface area contributed by atoms with Gasteiger partial charge in [-0.25, -0.2) is 0 Å². The Morgan fingerprint density at radius 1 is 1.53 bits per heavy atom. The first kappa shape index (κ1) is 14.5. The Morgan fingerprint density at radius 3 is 2.82 bits per heavy atom. The van der Waals surface area contributed by atoms with Gasteiger partial charge in [0.1, 0.15) is 0 Å². The molecule has 1 aliphatic rings. The molecule has 3 atom stereocenters. The van der Waals surface area contributed by atoms with Crippen molar-refractivity contribution >= 4 is 5.91 Å². The largest absolute Gasteiger partial charge is 0.339 e. The van der Waals surface area contributed by atoms with Crippen LogP contribution in [-0.4, -0.2) is 29.4 Å². The van der Waals surface area contributed by atoms with Crippen molar-refractivity contribution in [2.24, 2.45) is 11.7 Å². The highest BCUT2D eigenvalue weighted by atomic mass is 16.2. The molecule has 0 aromatic rings. The molecule has 0 aromatic carbocycles. The van der Waals surface area contributed by atoms with E-state index in [1.165, 1.54) is 6.42 Å². The van der Waals surface area contributed by atoms with Crippen LogP contribution in [0, 0.1) is 5.92 Å². The van der Waals surface area contributed by atoms with Crippen molar-refractivity contribution in [1.29, 1.82) is 0 Å². The second kappa shape index (κ2) is 7.00. The molecule has 100 valence electrons. The third-order valence-corrected chi connectivity index (χ3v) is 3.83. The van der Waals surface area contributed by atoms with E-state index in [1.807, 2.05) is 6.92 Å². The number of hydrogen-bond donors (Lipinski definition) is 1. The number of nitrogens with zero attached hydrogens (tertiary/aromatic N) is 1. The predicted molar refractivity (Wildman–Crippen MR) is 71.7 cm³/mol. The highest BCUT2D eigenvalue weighted by Crippen LogP contribution is 2.27. The maximum Gasteiger partial charge on any atom is 0.222 e. The van der Waals surface area contributed by atoms with Gasteiger partial charge in [0.15, 0.2) is 0 Å². The minimum Gasteiger partial charge on any atom is -0.339 e. The van der Waals surface area contributed by atoms with Crippen molar-refractivity contribution in [1.82, 2.24) is 4.90 Å². The number of rotatable bonds is 5. The van der Waals surface area contributed by atoms with E-state index in [0.29, 0.717) is 24.3 Å². The van der Waals surface area contributed by atoms with Gasteiger partial charge in [-0.15, -0.1) is 0 Å². The Kier molecular flexibility index (Phi) is 5.96. The molecule has 1 amide bonds. The minimum atomic E-state index is 0.130. The lowest BCUT2D eigenvalue weighted by molar-refractivity contribution is -0.136. The van der Waals surface area contributed by atoms with Crippen molar-refractivity contribution in [3.8, 4) is 0 Å². The number of piperidine rings is 1. The van der Waals surface area contributed by atoms with Gasteiger partial charge < -0.3 is 10.6 Å². The Balaban J connectivity index is 2.55. The Bertz CT molecular complexity index is 240. The minimum absolute atomic E-state index is 0.130. The first-order valence-corrected chi connectivity index (χ1v) is 7.11. The van der Waals surface area contributed by atoms with Gasteiger partial charge in [0.2, 0.25) is 5.91 Å². The number of hydrogen-bond acceptors (Lipinski definition) is 2. The summed E-state index contributed by atoms with van der Waals surface area (Å²) in [6.45, 7) is 7.40. The summed E-state index contributed by atoms with van der Waals surface area (Å²) in [6, 6.07) is 0.597. The van der Waals surface area contributed by atoms with E-state index < -0.39 is 0 Å². The van der Waals surface area contributed by atoms with Crippen LogP contribution in [0.5, 0.6) is 0 Å².